The van der Waals surface area contributed by atoms with E-state index in [1.807, 2.05) is 59.1 Å². The predicted molar refractivity (Wildman–Crippen MR) is 109 cm³/mol. The van der Waals surface area contributed by atoms with Gasteiger partial charge in [-0.05, 0) is 42.0 Å². The van der Waals surface area contributed by atoms with Gasteiger partial charge in [0.15, 0.2) is 0 Å². The Morgan fingerprint density at radius 1 is 1.04 bits per heavy atom. The fraction of sp³-hybridized carbons (Fsp3) is 0.136. The van der Waals surface area contributed by atoms with E-state index in [-0.39, 0.29) is 11.8 Å². The Balaban J connectivity index is 1.54. The smallest absolute Gasteiger partial charge is 0.228 e. The molecule has 0 aliphatic rings. The van der Waals surface area contributed by atoms with Crippen molar-refractivity contribution in [3.05, 3.63) is 101 Å². The van der Waals surface area contributed by atoms with Crippen molar-refractivity contribution in [1.82, 2.24) is 19.7 Å². The summed E-state index contributed by atoms with van der Waals surface area (Å²) < 4.78 is 1.97. The summed E-state index contributed by atoms with van der Waals surface area (Å²) >= 11 is 6.02. The van der Waals surface area contributed by atoms with Crippen LogP contribution in [-0.4, -0.2) is 20.3 Å². The minimum atomic E-state index is -0.363. The quantitative estimate of drug-likeness (QED) is 0.540. The van der Waals surface area contributed by atoms with Gasteiger partial charge in [-0.3, -0.25) is 9.78 Å². The second-order valence-electron chi connectivity index (χ2n) is 6.52. The largest absolute Gasteiger partial charge is 0.348 e. The summed E-state index contributed by atoms with van der Waals surface area (Å²) in [4.78, 5) is 21.8. The van der Waals surface area contributed by atoms with Crippen LogP contribution in [-0.2, 0) is 17.8 Å². The van der Waals surface area contributed by atoms with E-state index in [2.05, 4.69) is 15.3 Å². The van der Waals surface area contributed by atoms with E-state index < -0.39 is 0 Å². The first-order valence-electron chi connectivity index (χ1n) is 9.05. The lowest BCUT2D eigenvalue weighted by Crippen LogP contribution is -2.31. The molecule has 3 heterocycles. The van der Waals surface area contributed by atoms with Gasteiger partial charge in [0.2, 0.25) is 5.91 Å². The van der Waals surface area contributed by atoms with Crippen LogP contribution in [0.5, 0.6) is 0 Å². The maximum Gasteiger partial charge on any atom is 0.228 e. The molecule has 5 nitrogen and oxygen atoms in total. The summed E-state index contributed by atoms with van der Waals surface area (Å²) in [7, 11) is 0. The molecule has 0 fully saturated rings. The molecule has 1 unspecified atom stereocenters. The number of amides is 1. The number of benzene rings is 1. The SMILES string of the molecule is O=C(NCc1ncc2ccccn12)C(Cc1ccccn1)c1ccc(Cl)cc1. The van der Waals surface area contributed by atoms with E-state index in [4.69, 9.17) is 11.6 Å². The normalized spacial score (nSPS) is 12.0. The van der Waals surface area contributed by atoms with E-state index in [0.29, 0.717) is 18.0 Å². The van der Waals surface area contributed by atoms with Crippen molar-refractivity contribution in [2.45, 2.75) is 18.9 Å². The van der Waals surface area contributed by atoms with Crippen molar-refractivity contribution < 1.29 is 4.79 Å². The molecule has 1 amide bonds. The molecule has 1 N–H and O–H groups in total. The van der Waals surface area contributed by atoms with Crippen LogP contribution in [0.1, 0.15) is 23.0 Å². The summed E-state index contributed by atoms with van der Waals surface area (Å²) in [5, 5.41) is 3.67. The van der Waals surface area contributed by atoms with Gasteiger partial charge in [-0.25, -0.2) is 4.98 Å². The highest BCUT2D eigenvalue weighted by Gasteiger charge is 2.22. The Morgan fingerprint density at radius 3 is 2.64 bits per heavy atom. The van der Waals surface area contributed by atoms with Crippen LogP contribution in [0, 0.1) is 0 Å². The summed E-state index contributed by atoms with van der Waals surface area (Å²) in [6.07, 6.45) is 5.99. The zero-order valence-electron chi connectivity index (χ0n) is 15.1. The van der Waals surface area contributed by atoms with E-state index in [0.717, 1.165) is 22.6 Å². The van der Waals surface area contributed by atoms with E-state index in [1.54, 1.807) is 24.5 Å². The summed E-state index contributed by atoms with van der Waals surface area (Å²) in [6.45, 7) is 0.351. The number of carbonyl (C=O) groups is 1. The average molecular weight is 391 g/mol. The lowest BCUT2D eigenvalue weighted by atomic mass is 9.93. The van der Waals surface area contributed by atoms with Crippen LogP contribution in [0.4, 0.5) is 0 Å². The number of rotatable bonds is 6. The van der Waals surface area contributed by atoms with Crippen LogP contribution in [0.3, 0.4) is 0 Å². The number of halogens is 1. The third-order valence-electron chi connectivity index (χ3n) is 4.66. The van der Waals surface area contributed by atoms with Gasteiger partial charge in [-0.1, -0.05) is 35.9 Å². The van der Waals surface area contributed by atoms with Crippen molar-refractivity contribution >= 4 is 23.0 Å². The van der Waals surface area contributed by atoms with Gasteiger partial charge < -0.3 is 9.72 Å². The molecule has 0 radical (unpaired) electrons. The molecule has 0 aliphatic carbocycles. The lowest BCUT2D eigenvalue weighted by molar-refractivity contribution is -0.122. The summed E-state index contributed by atoms with van der Waals surface area (Å²) in [6, 6.07) is 19.0. The fourth-order valence-corrected chi connectivity index (χ4v) is 3.33. The third kappa shape index (κ3) is 4.05. The minimum Gasteiger partial charge on any atom is -0.348 e. The fourth-order valence-electron chi connectivity index (χ4n) is 3.20. The molecule has 0 spiro atoms. The molecule has 6 heteroatoms. The standard InChI is InChI=1S/C22H19ClN4O/c23-17-9-7-16(8-10-17)20(13-18-5-1-3-11-24-18)22(28)26-15-21-25-14-19-6-2-4-12-27(19)21/h1-12,14,20H,13,15H2,(H,26,28). The first-order valence-corrected chi connectivity index (χ1v) is 9.42. The minimum absolute atomic E-state index is 0.0688. The summed E-state index contributed by atoms with van der Waals surface area (Å²) in [5.41, 5.74) is 2.76. The average Bonchev–Trinajstić information content (AvgIpc) is 3.15. The number of pyridine rings is 2. The van der Waals surface area contributed by atoms with Crippen LogP contribution >= 0.6 is 11.6 Å². The Bertz CT molecular complexity index is 1080. The Labute approximate surface area is 168 Å². The van der Waals surface area contributed by atoms with Gasteiger partial charge in [0, 0.05) is 29.5 Å². The van der Waals surface area contributed by atoms with Crippen molar-refractivity contribution in [3.63, 3.8) is 0 Å². The molecule has 0 saturated heterocycles. The highest BCUT2D eigenvalue weighted by molar-refractivity contribution is 6.30. The molecule has 0 saturated carbocycles. The van der Waals surface area contributed by atoms with Gasteiger partial charge in [0.25, 0.3) is 0 Å². The van der Waals surface area contributed by atoms with Gasteiger partial charge in [-0.15, -0.1) is 0 Å². The van der Waals surface area contributed by atoms with Crippen LogP contribution in [0.25, 0.3) is 5.52 Å². The number of aromatic nitrogens is 3. The zero-order valence-corrected chi connectivity index (χ0v) is 15.9. The van der Waals surface area contributed by atoms with Gasteiger partial charge in [-0.2, -0.15) is 0 Å². The number of nitrogens with zero attached hydrogens (tertiary/aromatic N) is 3. The zero-order chi connectivity index (χ0) is 19.3. The molecular weight excluding hydrogens is 372 g/mol. The maximum atomic E-state index is 13.1. The molecule has 140 valence electrons. The monoisotopic (exact) mass is 390 g/mol. The highest BCUT2D eigenvalue weighted by atomic mass is 35.5. The molecule has 4 rings (SSSR count). The van der Waals surface area contributed by atoms with Crippen molar-refractivity contribution in [3.8, 4) is 0 Å². The Hall–Kier alpha value is -3.18. The molecule has 3 aromatic heterocycles. The van der Waals surface area contributed by atoms with Crippen LogP contribution < -0.4 is 5.32 Å². The molecule has 0 aliphatic heterocycles. The topological polar surface area (TPSA) is 59.3 Å². The number of imidazole rings is 1. The number of hydrogen-bond donors (Lipinski definition) is 1. The number of nitrogens with one attached hydrogen (secondary N) is 1. The first kappa shape index (κ1) is 18.2. The lowest BCUT2D eigenvalue weighted by Gasteiger charge is -2.17. The summed E-state index contributed by atoms with van der Waals surface area (Å²) in [5.74, 6) is 0.357. The van der Waals surface area contributed by atoms with E-state index in [1.165, 1.54) is 0 Å². The number of fused-ring (bicyclic) bond motifs is 1. The first-order chi connectivity index (χ1) is 13.7. The van der Waals surface area contributed by atoms with Crippen molar-refractivity contribution in [2.75, 3.05) is 0 Å². The Kier molecular flexibility index (Phi) is 5.35. The molecule has 28 heavy (non-hydrogen) atoms. The molecule has 4 aromatic rings. The molecule has 1 atom stereocenters. The van der Waals surface area contributed by atoms with E-state index >= 15 is 0 Å². The second-order valence-corrected chi connectivity index (χ2v) is 6.95. The van der Waals surface area contributed by atoms with Crippen LogP contribution in [0.2, 0.25) is 5.02 Å². The number of carbonyl (C=O) groups excluding carboxylic acids is 1. The predicted octanol–water partition coefficient (Wildman–Crippen LogP) is 4.03. The Morgan fingerprint density at radius 2 is 1.86 bits per heavy atom. The molecular formula is C22H19ClN4O. The highest BCUT2D eigenvalue weighted by Crippen LogP contribution is 2.23. The van der Waals surface area contributed by atoms with Crippen molar-refractivity contribution in [1.29, 1.82) is 0 Å². The van der Waals surface area contributed by atoms with Crippen LogP contribution in [0.15, 0.2) is 79.3 Å². The van der Waals surface area contributed by atoms with Gasteiger partial charge in [0.1, 0.15) is 5.82 Å². The second kappa shape index (κ2) is 8.23. The van der Waals surface area contributed by atoms with Crippen molar-refractivity contribution in [2.24, 2.45) is 0 Å². The van der Waals surface area contributed by atoms with E-state index in [9.17, 15) is 4.79 Å². The number of hydrogen-bond acceptors (Lipinski definition) is 3. The molecule has 0 bridgehead atoms. The molecule has 1 aromatic carbocycles. The van der Waals surface area contributed by atoms with Gasteiger partial charge in [0.05, 0.1) is 24.2 Å². The van der Waals surface area contributed by atoms with Gasteiger partial charge >= 0.3 is 0 Å². The third-order valence-corrected chi connectivity index (χ3v) is 4.92. The maximum absolute atomic E-state index is 13.1.